The van der Waals surface area contributed by atoms with E-state index in [-0.39, 0.29) is 10.8 Å². The van der Waals surface area contributed by atoms with Crippen LogP contribution < -0.4 is 4.72 Å². The molecule has 0 atom stereocenters. The molecule has 0 aromatic heterocycles. The number of sulfonamides is 1. The molecule has 0 unspecified atom stereocenters. The van der Waals surface area contributed by atoms with Crippen LogP contribution in [0, 0.1) is 0 Å². The molecule has 0 heterocycles. The largest absolute Gasteiger partial charge is 0.506 e. The zero-order chi connectivity index (χ0) is 14.0. The number of rotatable bonds is 3. The summed E-state index contributed by atoms with van der Waals surface area (Å²) in [7, 11) is -3.31. The minimum Gasteiger partial charge on any atom is -0.506 e. The number of phenolic OH excluding ortho intramolecular Hbond substituents is 1. The van der Waals surface area contributed by atoms with Crippen LogP contribution in [0.25, 0.3) is 11.1 Å². The van der Waals surface area contributed by atoms with Gasteiger partial charge in [0.1, 0.15) is 5.75 Å². The van der Waals surface area contributed by atoms with Gasteiger partial charge in [-0.1, -0.05) is 29.8 Å². The molecule has 0 spiro atoms. The highest BCUT2D eigenvalue weighted by Gasteiger charge is 2.05. The summed E-state index contributed by atoms with van der Waals surface area (Å²) in [6.07, 6.45) is 1.09. The number of anilines is 1. The lowest BCUT2D eigenvalue weighted by molar-refractivity contribution is 0.476. The first-order valence-corrected chi connectivity index (χ1v) is 7.69. The van der Waals surface area contributed by atoms with Crippen molar-refractivity contribution < 1.29 is 13.5 Å². The van der Waals surface area contributed by atoms with E-state index in [9.17, 15) is 13.5 Å². The van der Waals surface area contributed by atoms with E-state index in [1.807, 2.05) is 6.07 Å². The molecule has 2 rings (SSSR count). The summed E-state index contributed by atoms with van der Waals surface area (Å²) in [5.41, 5.74) is 1.99. The van der Waals surface area contributed by atoms with Crippen LogP contribution in [0.15, 0.2) is 42.5 Å². The summed E-state index contributed by atoms with van der Waals surface area (Å²) < 4.78 is 24.8. The van der Waals surface area contributed by atoms with Crippen molar-refractivity contribution in [2.45, 2.75) is 0 Å². The van der Waals surface area contributed by atoms with E-state index in [1.54, 1.807) is 30.3 Å². The van der Waals surface area contributed by atoms with Crippen molar-refractivity contribution in [2.75, 3.05) is 11.0 Å². The van der Waals surface area contributed by atoms with Crippen LogP contribution in [0.4, 0.5) is 5.69 Å². The van der Waals surface area contributed by atoms with E-state index >= 15 is 0 Å². The number of halogens is 1. The van der Waals surface area contributed by atoms with E-state index in [0.29, 0.717) is 5.69 Å². The molecule has 0 saturated heterocycles. The molecule has 0 amide bonds. The van der Waals surface area contributed by atoms with Crippen molar-refractivity contribution in [2.24, 2.45) is 0 Å². The van der Waals surface area contributed by atoms with Gasteiger partial charge >= 0.3 is 0 Å². The number of phenols is 1. The van der Waals surface area contributed by atoms with Gasteiger partial charge in [-0.2, -0.15) is 0 Å². The van der Waals surface area contributed by atoms with E-state index in [1.165, 1.54) is 6.07 Å². The van der Waals surface area contributed by atoms with Gasteiger partial charge in [-0.15, -0.1) is 0 Å². The summed E-state index contributed by atoms with van der Waals surface area (Å²) in [5, 5.41) is 9.85. The fourth-order valence-corrected chi connectivity index (χ4v) is 2.34. The first kappa shape index (κ1) is 13.7. The minimum atomic E-state index is -3.31. The molecule has 2 N–H and O–H groups in total. The predicted molar refractivity (Wildman–Crippen MR) is 77.0 cm³/mol. The summed E-state index contributed by atoms with van der Waals surface area (Å²) in [6.45, 7) is 0. The molecule has 0 aliphatic rings. The molecule has 100 valence electrons. The Morgan fingerprint density at radius 1 is 1.11 bits per heavy atom. The normalized spacial score (nSPS) is 11.3. The van der Waals surface area contributed by atoms with E-state index in [2.05, 4.69) is 4.72 Å². The van der Waals surface area contributed by atoms with Gasteiger partial charge < -0.3 is 5.11 Å². The maximum atomic E-state index is 11.2. The number of nitrogens with one attached hydrogen (secondary N) is 1. The molecule has 6 heteroatoms. The van der Waals surface area contributed by atoms with Crippen LogP contribution in [0.3, 0.4) is 0 Å². The second kappa shape index (κ2) is 5.11. The molecule has 4 nitrogen and oxygen atoms in total. The van der Waals surface area contributed by atoms with E-state index in [4.69, 9.17) is 11.6 Å². The molecular weight excluding hydrogens is 286 g/mol. The van der Waals surface area contributed by atoms with Crippen LogP contribution in [0.1, 0.15) is 0 Å². The molecule has 0 aliphatic carbocycles. The second-order valence-electron chi connectivity index (χ2n) is 4.12. The molecular formula is C13H12ClNO3S. The third-order valence-electron chi connectivity index (χ3n) is 2.45. The summed E-state index contributed by atoms with van der Waals surface area (Å²) in [6, 6.07) is 11.8. The fourth-order valence-electron chi connectivity index (χ4n) is 1.67. The number of hydrogen-bond donors (Lipinski definition) is 2. The highest BCUT2D eigenvalue weighted by Crippen LogP contribution is 2.30. The van der Waals surface area contributed by atoms with Gasteiger partial charge in [-0.3, -0.25) is 4.72 Å². The summed E-state index contributed by atoms with van der Waals surface area (Å²) in [4.78, 5) is 0. The third kappa shape index (κ3) is 3.62. The molecule has 2 aromatic carbocycles. The van der Waals surface area contributed by atoms with Gasteiger partial charge in [0, 0.05) is 5.69 Å². The van der Waals surface area contributed by atoms with Crippen molar-refractivity contribution in [3.63, 3.8) is 0 Å². The molecule has 0 saturated carbocycles. The Kier molecular flexibility index (Phi) is 3.68. The average Bonchev–Trinajstić information content (AvgIpc) is 2.31. The van der Waals surface area contributed by atoms with Gasteiger partial charge in [0.15, 0.2) is 0 Å². The van der Waals surface area contributed by atoms with Gasteiger partial charge in [0.05, 0.1) is 11.3 Å². The number of aromatic hydroxyl groups is 1. The Labute approximate surface area is 116 Å². The quantitative estimate of drug-likeness (QED) is 0.915. The van der Waals surface area contributed by atoms with Crippen molar-refractivity contribution in [3.8, 4) is 16.9 Å². The highest BCUT2D eigenvalue weighted by atomic mass is 35.5. The second-order valence-corrected chi connectivity index (χ2v) is 6.28. The average molecular weight is 298 g/mol. The predicted octanol–water partition coefficient (Wildman–Crippen LogP) is 3.08. The fraction of sp³-hybridized carbons (Fsp3) is 0.0769. The molecule has 0 radical (unpaired) electrons. The maximum Gasteiger partial charge on any atom is 0.229 e. The third-order valence-corrected chi connectivity index (χ3v) is 3.37. The van der Waals surface area contributed by atoms with Crippen LogP contribution in [-0.4, -0.2) is 19.8 Å². The van der Waals surface area contributed by atoms with Gasteiger partial charge in [-0.25, -0.2) is 8.42 Å². The van der Waals surface area contributed by atoms with Gasteiger partial charge in [0.25, 0.3) is 0 Å². The van der Waals surface area contributed by atoms with Crippen molar-refractivity contribution >= 4 is 27.3 Å². The van der Waals surface area contributed by atoms with E-state index < -0.39 is 10.0 Å². The number of hydrogen-bond acceptors (Lipinski definition) is 3. The number of benzene rings is 2. The maximum absolute atomic E-state index is 11.2. The smallest absolute Gasteiger partial charge is 0.229 e. The zero-order valence-corrected chi connectivity index (χ0v) is 11.7. The Balaban J connectivity index is 2.40. The van der Waals surface area contributed by atoms with Crippen LogP contribution in [-0.2, 0) is 10.0 Å². The van der Waals surface area contributed by atoms with Crippen LogP contribution in [0.2, 0.25) is 5.02 Å². The minimum absolute atomic E-state index is 0.0133. The Morgan fingerprint density at radius 3 is 2.42 bits per heavy atom. The standard InChI is InChI=1S/C13H12ClNO3S/c1-19(17,18)15-11-4-2-3-9(7-11)10-5-6-12(14)13(16)8-10/h2-8,15-16H,1H3. The lowest BCUT2D eigenvalue weighted by atomic mass is 10.1. The lowest BCUT2D eigenvalue weighted by Gasteiger charge is -2.07. The highest BCUT2D eigenvalue weighted by molar-refractivity contribution is 7.92. The monoisotopic (exact) mass is 297 g/mol. The molecule has 19 heavy (non-hydrogen) atoms. The Morgan fingerprint density at radius 2 is 1.79 bits per heavy atom. The van der Waals surface area contributed by atoms with Crippen LogP contribution in [0.5, 0.6) is 5.75 Å². The summed E-state index contributed by atoms with van der Waals surface area (Å²) >= 11 is 5.74. The van der Waals surface area contributed by atoms with E-state index in [0.717, 1.165) is 17.4 Å². The SMILES string of the molecule is CS(=O)(=O)Nc1cccc(-c2ccc(Cl)c(O)c2)c1. The lowest BCUT2D eigenvalue weighted by Crippen LogP contribution is -2.09. The summed E-state index contributed by atoms with van der Waals surface area (Å²) in [5.74, 6) is -0.0133. The van der Waals surface area contributed by atoms with Crippen molar-refractivity contribution in [3.05, 3.63) is 47.5 Å². The zero-order valence-electron chi connectivity index (χ0n) is 10.1. The first-order chi connectivity index (χ1) is 8.85. The molecule has 0 fully saturated rings. The van der Waals surface area contributed by atoms with Gasteiger partial charge in [0.2, 0.25) is 10.0 Å². The first-order valence-electron chi connectivity index (χ1n) is 5.42. The molecule has 0 bridgehead atoms. The molecule has 0 aliphatic heterocycles. The van der Waals surface area contributed by atoms with Gasteiger partial charge in [-0.05, 0) is 35.4 Å². The van der Waals surface area contributed by atoms with Crippen LogP contribution >= 0.6 is 11.6 Å². The van der Waals surface area contributed by atoms with Crippen molar-refractivity contribution in [1.29, 1.82) is 0 Å². The molecule has 2 aromatic rings. The topological polar surface area (TPSA) is 66.4 Å². The Bertz CT molecular complexity index is 714. The van der Waals surface area contributed by atoms with Crippen molar-refractivity contribution in [1.82, 2.24) is 0 Å². The Hall–Kier alpha value is -1.72.